The first kappa shape index (κ1) is 18.0. The van der Waals surface area contributed by atoms with Crippen LogP contribution in [0.2, 0.25) is 0 Å². The van der Waals surface area contributed by atoms with Crippen LogP contribution in [0.5, 0.6) is 0 Å². The van der Waals surface area contributed by atoms with Gasteiger partial charge in [-0.3, -0.25) is 9.59 Å². The zero-order chi connectivity index (χ0) is 19.0. The molecule has 0 atom stereocenters. The van der Waals surface area contributed by atoms with Crippen LogP contribution in [0.1, 0.15) is 9.67 Å². The number of benzene rings is 2. The van der Waals surface area contributed by atoms with E-state index >= 15 is 0 Å². The van der Waals surface area contributed by atoms with Crippen molar-refractivity contribution in [3.63, 3.8) is 0 Å². The Morgan fingerprint density at radius 2 is 1.70 bits per heavy atom. The molecule has 7 heteroatoms. The number of thiophene rings is 2. The van der Waals surface area contributed by atoms with Crippen molar-refractivity contribution in [2.24, 2.45) is 0 Å². The van der Waals surface area contributed by atoms with Gasteiger partial charge >= 0.3 is 0 Å². The summed E-state index contributed by atoms with van der Waals surface area (Å²) in [5, 5.41) is 4.06. The van der Waals surface area contributed by atoms with Crippen molar-refractivity contribution in [1.82, 2.24) is 4.90 Å². The second-order valence-corrected chi connectivity index (χ2v) is 9.24. The highest BCUT2D eigenvalue weighted by molar-refractivity contribution is 8.13. The number of nitrogens with one attached hydrogen (secondary N) is 1. The van der Waals surface area contributed by atoms with Crippen LogP contribution in [0.25, 0.3) is 19.5 Å². The van der Waals surface area contributed by atoms with E-state index in [1.165, 1.54) is 26.3 Å². The van der Waals surface area contributed by atoms with Gasteiger partial charge in [-0.15, -0.1) is 22.7 Å². The van der Waals surface area contributed by atoms with E-state index in [1.54, 1.807) is 25.4 Å². The Bertz CT molecular complexity index is 1160. The molecule has 0 aliphatic rings. The van der Waals surface area contributed by atoms with Gasteiger partial charge in [-0.1, -0.05) is 30.3 Å². The average Bonchev–Trinajstić information content (AvgIpc) is 3.21. The van der Waals surface area contributed by atoms with Crippen molar-refractivity contribution in [3.05, 3.63) is 59.5 Å². The SMILES string of the molecule is CN(C)C(=O)Sc1ccccc1NC(=O)c1cc2sc3ccccc3c2s1. The Balaban J connectivity index is 1.61. The Labute approximate surface area is 168 Å². The third-order valence-electron chi connectivity index (χ3n) is 3.97. The van der Waals surface area contributed by atoms with E-state index in [4.69, 9.17) is 0 Å². The smallest absolute Gasteiger partial charge is 0.286 e. The molecule has 0 unspecified atom stereocenters. The van der Waals surface area contributed by atoms with Crippen LogP contribution in [0.15, 0.2) is 59.5 Å². The molecule has 2 amide bonds. The molecule has 0 spiro atoms. The lowest BCUT2D eigenvalue weighted by Crippen LogP contribution is -2.17. The van der Waals surface area contributed by atoms with Gasteiger partial charge in [0.1, 0.15) is 0 Å². The van der Waals surface area contributed by atoms with E-state index in [0.29, 0.717) is 10.6 Å². The lowest BCUT2D eigenvalue weighted by atomic mass is 10.2. The molecular weight excluding hydrogens is 396 g/mol. The summed E-state index contributed by atoms with van der Waals surface area (Å²) in [4.78, 5) is 27.7. The minimum Gasteiger partial charge on any atom is -0.339 e. The molecule has 0 saturated carbocycles. The molecule has 1 N–H and O–H groups in total. The average molecular weight is 413 g/mol. The number of carbonyl (C=O) groups excluding carboxylic acids is 2. The number of para-hydroxylation sites is 1. The lowest BCUT2D eigenvalue weighted by Gasteiger charge is -2.12. The molecule has 0 bridgehead atoms. The van der Waals surface area contributed by atoms with Crippen LogP contribution in [0.4, 0.5) is 10.5 Å². The zero-order valence-electron chi connectivity index (χ0n) is 14.7. The maximum Gasteiger partial charge on any atom is 0.286 e. The van der Waals surface area contributed by atoms with E-state index < -0.39 is 0 Å². The van der Waals surface area contributed by atoms with Gasteiger partial charge in [-0.25, -0.2) is 0 Å². The summed E-state index contributed by atoms with van der Waals surface area (Å²) in [6, 6.07) is 17.5. The van der Waals surface area contributed by atoms with Gasteiger partial charge in [-0.05, 0) is 36.0 Å². The maximum absolute atomic E-state index is 12.8. The number of hydrogen-bond donors (Lipinski definition) is 1. The van der Waals surface area contributed by atoms with Crippen molar-refractivity contribution < 1.29 is 9.59 Å². The van der Waals surface area contributed by atoms with Crippen LogP contribution < -0.4 is 5.32 Å². The summed E-state index contributed by atoms with van der Waals surface area (Å²) in [5.74, 6) is -0.155. The first-order valence-electron chi connectivity index (χ1n) is 8.23. The van der Waals surface area contributed by atoms with E-state index in [-0.39, 0.29) is 11.1 Å². The highest BCUT2D eigenvalue weighted by atomic mass is 32.2. The third-order valence-corrected chi connectivity index (χ3v) is 7.50. The number of anilines is 1. The van der Waals surface area contributed by atoms with E-state index in [0.717, 1.165) is 26.1 Å². The van der Waals surface area contributed by atoms with Crippen molar-refractivity contribution in [2.45, 2.75) is 4.90 Å². The van der Waals surface area contributed by atoms with E-state index in [2.05, 4.69) is 17.4 Å². The minimum atomic E-state index is -0.155. The standard InChI is InChI=1S/C20H16N2O2S3/c1-22(2)20(24)27-15-10-6-4-8-13(15)21-19(23)17-11-16-18(26-17)12-7-3-5-9-14(12)25-16/h3-11H,1-2H3,(H,21,23). The third kappa shape index (κ3) is 3.58. The fourth-order valence-electron chi connectivity index (χ4n) is 2.64. The van der Waals surface area contributed by atoms with Crippen LogP contribution in [0.3, 0.4) is 0 Å². The van der Waals surface area contributed by atoms with Gasteiger partial charge in [0.15, 0.2) is 0 Å². The molecule has 0 aliphatic carbocycles. The number of fused-ring (bicyclic) bond motifs is 3. The van der Waals surface area contributed by atoms with E-state index in [9.17, 15) is 9.59 Å². The van der Waals surface area contributed by atoms with Gasteiger partial charge in [0.2, 0.25) is 0 Å². The largest absolute Gasteiger partial charge is 0.339 e. The molecular formula is C20H16N2O2S3. The highest BCUT2D eigenvalue weighted by Crippen LogP contribution is 2.39. The van der Waals surface area contributed by atoms with Crippen LogP contribution in [0, 0.1) is 0 Å². The predicted molar refractivity (Wildman–Crippen MR) is 117 cm³/mol. The number of thioether (sulfide) groups is 1. The molecule has 0 fully saturated rings. The monoisotopic (exact) mass is 412 g/mol. The van der Waals surface area contributed by atoms with Crippen molar-refractivity contribution in [3.8, 4) is 0 Å². The van der Waals surface area contributed by atoms with Gasteiger partial charge < -0.3 is 10.2 Å². The van der Waals surface area contributed by atoms with Gasteiger partial charge in [0.25, 0.3) is 11.1 Å². The lowest BCUT2D eigenvalue weighted by molar-refractivity contribution is 0.103. The zero-order valence-corrected chi connectivity index (χ0v) is 17.1. The molecule has 27 heavy (non-hydrogen) atoms. The molecule has 0 radical (unpaired) electrons. The molecule has 2 heterocycles. The number of hydrogen-bond acceptors (Lipinski definition) is 5. The Kier molecular flexibility index (Phi) is 4.90. The molecule has 2 aromatic carbocycles. The molecule has 136 valence electrons. The quantitative estimate of drug-likeness (QED) is 0.411. The number of nitrogens with zero attached hydrogens (tertiary/aromatic N) is 1. The Morgan fingerprint density at radius 3 is 2.52 bits per heavy atom. The summed E-state index contributed by atoms with van der Waals surface area (Å²) >= 11 is 4.30. The summed E-state index contributed by atoms with van der Waals surface area (Å²) in [6.45, 7) is 0. The van der Waals surface area contributed by atoms with Crippen LogP contribution in [-0.2, 0) is 0 Å². The molecule has 2 aromatic heterocycles. The predicted octanol–water partition coefficient (Wildman–Crippen LogP) is 6.14. The summed E-state index contributed by atoms with van der Waals surface area (Å²) in [5.41, 5.74) is 0.643. The first-order valence-corrected chi connectivity index (χ1v) is 10.7. The van der Waals surface area contributed by atoms with Gasteiger partial charge in [0, 0.05) is 33.8 Å². The summed E-state index contributed by atoms with van der Waals surface area (Å²) < 4.78 is 3.50. The summed E-state index contributed by atoms with van der Waals surface area (Å²) in [6.07, 6.45) is 0. The molecule has 0 saturated heterocycles. The fraction of sp³-hybridized carbons (Fsp3) is 0.100. The van der Waals surface area contributed by atoms with Gasteiger partial charge in [0.05, 0.1) is 15.3 Å². The second-order valence-electron chi connectivity index (χ2n) is 6.11. The topological polar surface area (TPSA) is 49.4 Å². The molecule has 4 aromatic rings. The van der Waals surface area contributed by atoms with Gasteiger partial charge in [-0.2, -0.15) is 0 Å². The maximum atomic E-state index is 12.8. The number of rotatable bonds is 3. The normalized spacial score (nSPS) is 11.0. The Hall–Kier alpha value is -2.35. The first-order chi connectivity index (χ1) is 13.0. The molecule has 0 aliphatic heterocycles. The van der Waals surface area contributed by atoms with Crippen LogP contribution >= 0.6 is 34.4 Å². The van der Waals surface area contributed by atoms with Crippen molar-refractivity contribution in [1.29, 1.82) is 0 Å². The highest BCUT2D eigenvalue weighted by Gasteiger charge is 2.17. The molecule has 4 rings (SSSR count). The fourth-order valence-corrected chi connectivity index (χ4v) is 5.81. The Morgan fingerprint density at radius 1 is 0.963 bits per heavy atom. The minimum absolute atomic E-state index is 0.0835. The molecule has 4 nitrogen and oxygen atoms in total. The number of amides is 2. The van der Waals surface area contributed by atoms with E-state index in [1.807, 2.05) is 42.5 Å². The van der Waals surface area contributed by atoms with Crippen molar-refractivity contribution in [2.75, 3.05) is 19.4 Å². The van der Waals surface area contributed by atoms with Crippen molar-refractivity contribution >= 4 is 70.8 Å². The number of carbonyl (C=O) groups is 2. The summed E-state index contributed by atoms with van der Waals surface area (Å²) in [7, 11) is 3.42. The second kappa shape index (κ2) is 7.34. The van der Waals surface area contributed by atoms with Crippen LogP contribution in [-0.4, -0.2) is 30.1 Å².